The first-order valence-electron chi connectivity index (χ1n) is 9.46. The third-order valence-electron chi connectivity index (χ3n) is 6.13. The molecule has 1 amide bonds. The van der Waals surface area contributed by atoms with Crippen molar-refractivity contribution in [1.29, 1.82) is 0 Å². The Labute approximate surface area is 179 Å². The van der Waals surface area contributed by atoms with Gasteiger partial charge in [0.1, 0.15) is 12.6 Å². The van der Waals surface area contributed by atoms with Crippen molar-refractivity contribution in [2.45, 2.75) is 38.3 Å². The summed E-state index contributed by atoms with van der Waals surface area (Å²) < 4.78 is 5.19. The minimum atomic E-state index is -1.04. The van der Waals surface area contributed by atoms with Crippen molar-refractivity contribution in [3.63, 3.8) is 0 Å². The van der Waals surface area contributed by atoms with E-state index in [-0.39, 0.29) is 12.0 Å². The monoisotopic (exact) mass is 433 g/mol. The number of hydrogen-bond donors (Lipinski definition) is 2. The summed E-state index contributed by atoms with van der Waals surface area (Å²) in [6.45, 7) is 0.0982. The maximum atomic E-state index is 12.2. The van der Waals surface area contributed by atoms with Crippen molar-refractivity contribution in [2.75, 3.05) is 0 Å². The lowest BCUT2D eigenvalue weighted by atomic mass is 9.32. The van der Waals surface area contributed by atoms with E-state index in [1.807, 2.05) is 48.5 Å². The van der Waals surface area contributed by atoms with Crippen LogP contribution < -0.4 is 5.32 Å². The Hall–Kier alpha value is -2.24. The fraction of sp³-hybridized carbons (Fsp3) is 0.364. The third-order valence-corrected chi connectivity index (χ3v) is 6.84. The lowest BCUT2D eigenvalue weighted by Gasteiger charge is -2.72. The maximum absolute atomic E-state index is 12.2. The van der Waals surface area contributed by atoms with E-state index in [2.05, 4.69) is 5.32 Å². The zero-order valence-corrected chi connectivity index (χ0v) is 17.2. The summed E-state index contributed by atoms with van der Waals surface area (Å²) in [5, 5.41) is 13.5. The smallest absolute Gasteiger partial charge is 0.408 e. The standard InChI is InChI=1S/C22H21Cl2NO4/c23-16-7-4-8-17(24)15(16)9-21-11-22(12-21,13-21)18(19(26)27)25-20(28)29-10-14-5-2-1-3-6-14/h1-8,18H,9-13H2,(H,25,28)(H,26,27). The van der Waals surface area contributed by atoms with Gasteiger partial charge in [-0.25, -0.2) is 9.59 Å². The maximum Gasteiger partial charge on any atom is 0.408 e. The number of hydrogen-bond acceptors (Lipinski definition) is 3. The zero-order valence-electron chi connectivity index (χ0n) is 15.7. The first kappa shape index (κ1) is 20.0. The minimum Gasteiger partial charge on any atom is -0.480 e. The molecule has 1 unspecified atom stereocenters. The van der Waals surface area contributed by atoms with Crippen LogP contribution in [0.25, 0.3) is 0 Å². The topological polar surface area (TPSA) is 75.6 Å². The molecule has 5 nitrogen and oxygen atoms in total. The van der Waals surface area contributed by atoms with E-state index < -0.39 is 23.5 Å². The fourth-order valence-electron chi connectivity index (χ4n) is 5.01. The van der Waals surface area contributed by atoms with Crippen molar-refractivity contribution in [1.82, 2.24) is 5.32 Å². The van der Waals surface area contributed by atoms with Gasteiger partial charge in [0.15, 0.2) is 0 Å². The molecule has 3 aliphatic carbocycles. The molecular formula is C22H21Cl2NO4. The molecule has 2 aromatic rings. The van der Waals surface area contributed by atoms with Crippen molar-refractivity contribution in [3.05, 3.63) is 69.7 Å². The number of carboxylic acid groups (broad SMARTS) is 1. The molecule has 2 N–H and O–H groups in total. The molecule has 3 aliphatic rings. The second-order valence-electron chi connectivity index (χ2n) is 8.25. The Morgan fingerprint density at radius 2 is 1.66 bits per heavy atom. The number of aliphatic carboxylic acids is 1. The number of nitrogens with one attached hydrogen (secondary N) is 1. The molecule has 0 radical (unpaired) electrons. The van der Waals surface area contributed by atoms with Gasteiger partial charge in [0.2, 0.25) is 0 Å². The van der Waals surface area contributed by atoms with Crippen LogP contribution in [0.15, 0.2) is 48.5 Å². The van der Waals surface area contributed by atoms with E-state index in [9.17, 15) is 14.7 Å². The number of halogens is 2. The van der Waals surface area contributed by atoms with Crippen molar-refractivity contribution < 1.29 is 19.4 Å². The van der Waals surface area contributed by atoms with E-state index in [0.717, 1.165) is 36.8 Å². The minimum absolute atomic E-state index is 0.0119. The summed E-state index contributed by atoms with van der Waals surface area (Å²) >= 11 is 12.6. The highest BCUT2D eigenvalue weighted by Crippen LogP contribution is 2.76. The SMILES string of the molecule is O=C(NC(C(=O)O)C12CC(Cc3c(Cl)cccc3Cl)(C1)C2)OCc1ccccc1. The van der Waals surface area contributed by atoms with Gasteiger partial charge >= 0.3 is 12.1 Å². The zero-order chi connectivity index (χ0) is 20.6. The molecule has 1 atom stereocenters. The van der Waals surface area contributed by atoms with E-state index in [1.165, 1.54) is 0 Å². The number of alkyl carbamates (subject to hydrolysis) is 1. The Bertz CT molecular complexity index is 907. The predicted octanol–water partition coefficient (Wildman–Crippen LogP) is 5.09. The molecule has 0 spiro atoms. The summed E-state index contributed by atoms with van der Waals surface area (Å²) in [7, 11) is 0. The molecule has 7 heteroatoms. The van der Waals surface area contributed by atoms with Crippen LogP contribution in [-0.4, -0.2) is 23.2 Å². The molecular weight excluding hydrogens is 413 g/mol. The molecule has 3 fully saturated rings. The first-order valence-corrected chi connectivity index (χ1v) is 10.2. The third kappa shape index (κ3) is 3.81. The van der Waals surface area contributed by atoms with Crippen LogP contribution in [0.5, 0.6) is 0 Å². The number of carboxylic acids is 1. The number of ether oxygens (including phenoxy) is 1. The van der Waals surface area contributed by atoms with Crippen molar-refractivity contribution >= 4 is 35.3 Å². The molecule has 0 heterocycles. The summed E-state index contributed by atoms with van der Waals surface area (Å²) in [5.41, 5.74) is 1.34. The lowest BCUT2D eigenvalue weighted by Crippen LogP contribution is -2.72. The Kier molecular flexibility index (Phi) is 5.21. The average molecular weight is 434 g/mol. The summed E-state index contributed by atoms with van der Waals surface area (Å²) in [5.74, 6) is -1.04. The highest BCUT2D eigenvalue weighted by molar-refractivity contribution is 6.36. The van der Waals surface area contributed by atoms with Crippen molar-refractivity contribution in [3.8, 4) is 0 Å². The average Bonchev–Trinajstić information content (AvgIpc) is 2.63. The Morgan fingerprint density at radius 3 is 2.24 bits per heavy atom. The molecule has 29 heavy (non-hydrogen) atoms. The van der Waals surface area contributed by atoms with Crippen LogP contribution in [0, 0.1) is 10.8 Å². The first-order chi connectivity index (χ1) is 13.8. The van der Waals surface area contributed by atoms with Gasteiger partial charge in [0, 0.05) is 15.5 Å². The van der Waals surface area contributed by atoms with Gasteiger partial charge < -0.3 is 15.2 Å². The van der Waals surface area contributed by atoms with Crippen LogP contribution in [-0.2, 0) is 22.6 Å². The van der Waals surface area contributed by atoms with Crippen LogP contribution in [0.4, 0.5) is 4.79 Å². The summed E-state index contributed by atoms with van der Waals surface area (Å²) in [6.07, 6.45) is 2.17. The van der Waals surface area contributed by atoms with E-state index in [4.69, 9.17) is 27.9 Å². The molecule has 2 aromatic carbocycles. The van der Waals surface area contributed by atoms with Crippen LogP contribution in [0.3, 0.4) is 0 Å². The number of carbonyl (C=O) groups is 2. The highest BCUT2D eigenvalue weighted by atomic mass is 35.5. The quantitative estimate of drug-likeness (QED) is 0.637. The Morgan fingerprint density at radius 1 is 1.03 bits per heavy atom. The summed E-state index contributed by atoms with van der Waals surface area (Å²) in [4.78, 5) is 24.0. The molecule has 0 saturated heterocycles. The number of carbonyl (C=O) groups excluding carboxylic acids is 1. The van der Waals surface area contributed by atoms with Crippen LogP contribution in [0.1, 0.15) is 30.4 Å². The molecule has 152 valence electrons. The number of amides is 1. The molecule has 2 bridgehead atoms. The predicted molar refractivity (Wildman–Crippen MR) is 110 cm³/mol. The van der Waals surface area contributed by atoms with Gasteiger partial charge in [-0.1, -0.05) is 59.6 Å². The normalized spacial score (nSPS) is 25.3. The van der Waals surface area contributed by atoms with Crippen LogP contribution in [0.2, 0.25) is 10.0 Å². The Balaban J connectivity index is 1.35. The van der Waals surface area contributed by atoms with Crippen LogP contribution >= 0.6 is 23.2 Å². The second kappa shape index (κ2) is 7.54. The molecule has 3 saturated carbocycles. The van der Waals surface area contributed by atoms with Crippen molar-refractivity contribution in [2.24, 2.45) is 10.8 Å². The lowest BCUT2D eigenvalue weighted by molar-refractivity contribution is -0.223. The van der Waals surface area contributed by atoms with E-state index in [1.54, 1.807) is 0 Å². The molecule has 5 rings (SSSR count). The van der Waals surface area contributed by atoms with Gasteiger partial charge in [-0.3, -0.25) is 0 Å². The summed E-state index contributed by atoms with van der Waals surface area (Å²) in [6, 6.07) is 13.7. The van der Waals surface area contributed by atoms with Gasteiger partial charge in [-0.2, -0.15) is 0 Å². The molecule has 0 aromatic heterocycles. The van der Waals surface area contributed by atoms with Gasteiger partial charge in [0.05, 0.1) is 0 Å². The van der Waals surface area contributed by atoms with E-state index >= 15 is 0 Å². The largest absolute Gasteiger partial charge is 0.480 e. The fourth-order valence-corrected chi connectivity index (χ4v) is 5.55. The highest BCUT2D eigenvalue weighted by Gasteiger charge is 2.71. The van der Waals surface area contributed by atoms with Gasteiger partial charge in [-0.15, -0.1) is 0 Å². The van der Waals surface area contributed by atoms with Gasteiger partial charge in [-0.05, 0) is 54.4 Å². The number of benzene rings is 2. The van der Waals surface area contributed by atoms with Gasteiger partial charge in [0.25, 0.3) is 0 Å². The number of rotatable bonds is 7. The molecule has 0 aliphatic heterocycles. The second-order valence-corrected chi connectivity index (χ2v) is 9.06. The van der Waals surface area contributed by atoms with E-state index in [0.29, 0.717) is 10.0 Å².